The lowest BCUT2D eigenvalue weighted by Crippen LogP contribution is -2.23. The number of aromatic nitrogens is 2. The summed E-state index contributed by atoms with van der Waals surface area (Å²) in [5, 5.41) is 5.89. The van der Waals surface area contributed by atoms with Crippen molar-refractivity contribution in [2.24, 2.45) is 5.10 Å². The topological polar surface area (TPSA) is 76.8 Å². The maximum Gasteiger partial charge on any atom is 0.282 e. The van der Waals surface area contributed by atoms with E-state index < -0.39 is 0 Å². The minimum Gasteiger partial charge on any atom is -0.453 e. The molecule has 1 saturated heterocycles. The Balaban J connectivity index is 1.43. The van der Waals surface area contributed by atoms with Gasteiger partial charge in [0.15, 0.2) is 11.6 Å². The molecule has 0 radical (unpaired) electrons. The fourth-order valence-corrected chi connectivity index (χ4v) is 4.88. The van der Waals surface area contributed by atoms with Crippen LogP contribution in [-0.4, -0.2) is 29.0 Å². The average molecular weight is 531 g/mol. The quantitative estimate of drug-likeness (QED) is 0.250. The Morgan fingerprint density at radius 1 is 0.943 bits per heavy atom. The molecule has 3 aromatic heterocycles. The summed E-state index contributed by atoms with van der Waals surface area (Å²) in [6.45, 7) is 1.98. The third-order valence-electron chi connectivity index (χ3n) is 6.28. The Bertz CT molecular complexity index is 1610. The van der Waals surface area contributed by atoms with Crippen LogP contribution in [0.25, 0.3) is 33.5 Å². The van der Waals surface area contributed by atoms with Crippen LogP contribution in [0.1, 0.15) is 31.4 Å². The monoisotopic (exact) mass is 530 g/mol. The SMILES string of the molecule is O=c1c2ccccc2nc(-c2cc3cc(Br)ccc3o2)n1N=Cc1ccc(N2CCCCCC2)o1. The van der Waals surface area contributed by atoms with Gasteiger partial charge in [0.25, 0.3) is 5.56 Å². The maximum atomic E-state index is 13.4. The minimum atomic E-state index is -0.275. The summed E-state index contributed by atoms with van der Waals surface area (Å²) in [6.07, 6.45) is 6.40. The first-order valence-electron chi connectivity index (χ1n) is 11.8. The molecule has 1 aliphatic rings. The molecular formula is C27H23BrN4O3. The van der Waals surface area contributed by atoms with Crippen molar-refractivity contribution in [1.29, 1.82) is 0 Å². The van der Waals surface area contributed by atoms with E-state index in [1.54, 1.807) is 12.3 Å². The largest absolute Gasteiger partial charge is 0.453 e. The van der Waals surface area contributed by atoms with Crippen LogP contribution in [0.3, 0.4) is 0 Å². The molecule has 0 amide bonds. The maximum absolute atomic E-state index is 13.4. The molecule has 0 aliphatic carbocycles. The van der Waals surface area contributed by atoms with Gasteiger partial charge in [0, 0.05) is 29.0 Å². The Morgan fingerprint density at radius 3 is 2.63 bits per heavy atom. The van der Waals surface area contributed by atoms with Gasteiger partial charge in [-0.05, 0) is 55.3 Å². The zero-order valence-electron chi connectivity index (χ0n) is 19.0. The normalized spacial score (nSPS) is 14.8. The third-order valence-corrected chi connectivity index (χ3v) is 6.78. The van der Waals surface area contributed by atoms with Crippen molar-refractivity contribution in [3.63, 3.8) is 0 Å². The highest BCUT2D eigenvalue weighted by atomic mass is 79.9. The molecule has 0 atom stereocenters. The fourth-order valence-electron chi connectivity index (χ4n) is 4.50. The van der Waals surface area contributed by atoms with Crippen molar-refractivity contribution < 1.29 is 8.83 Å². The van der Waals surface area contributed by atoms with E-state index in [1.807, 2.05) is 54.6 Å². The number of para-hydroxylation sites is 1. The molecule has 176 valence electrons. The van der Waals surface area contributed by atoms with Crippen molar-refractivity contribution >= 4 is 49.9 Å². The highest BCUT2D eigenvalue weighted by Crippen LogP contribution is 2.29. The summed E-state index contributed by atoms with van der Waals surface area (Å²) in [6, 6.07) is 18.7. The van der Waals surface area contributed by atoms with Crippen molar-refractivity contribution in [3.8, 4) is 11.6 Å². The lowest BCUT2D eigenvalue weighted by atomic mass is 10.2. The number of rotatable bonds is 4. The number of furan rings is 2. The summed E-state index contributed by atoms with van der Waals surface area (Å²) in [4.78, 5) is 20.4. The third kappa shape index (κ3) is 4.30. The van der Waals surface area contributed by atoms with E-state index >= 15 is 0 Å². The molecule has 0 unspecified atom stereocenters. The molecule has 0 spiro atoms. The van der Waals surface area contributed by atoms with Crippen LogP contribution in [0.5, 0.6) is 0 Å². The van der Waals surface area contributed by atoms with Crippen LogP contribution in [0, 0.1) is 0 Å². The van der Waals surface area contributed by atoms with Crippen LogP contribution in [0.2, 0.25) is 0 Å². The van der Waals surface area contributed by atoms with E-state index in [0.29, 0.717) is 33.8 Å². The zero-order chi connectivity index (χ0) is 23.8. The van der Waals surface area contributed by atoms with Gasteiger partial charge in [-0.3, -0.25) is 4.79 Å². The molecule has 4 heterocycles. The second-order valence-electron chi connectivity index (χ2n) is 8.68. The first-order valence-corrected chi connectivity index (χ1v) is 12.6. The number of benzene rings is 2. The molecule has 1 fully saturated rings. The Kier molecular flexibility index (Phi) is 5.74. The Labute approximate surface area is 209 Å². The molecule has 0 N–H and O–H groups in total. The average Bonchev–Trinajstić information content (AvgIpc) is 3.42. The number of anilines is 1. The standard InChI is InChI=1S/C27H23BrN4O3/c28-19-9-11-23-18(15-19)16-24(35-23)26-30-22-8-4-3-7-21(22)27(33)32(26)29-17-20-10-12-25(34-20)31-13-5-1-2-6-14-31/h3-4,7-12,15-17H,1-2,5-6,13-14H2. The van der Waals surface area contributed by atoms with Gasteiger partial charge < -0.3 is 13.7 Å². The number of hydrogen-bond acceptors (Lipinski definition) is 6. The van der Waals surface area contributed by atoms with Crippen molar-refractivity contribution in [3.05, 3.63) is 81.3 Å². The summed E-state index contributed by atoms with van der Waals surface area (Å²) in [5.74, 6) is 2.20. The zero-order valence-corrected chi connectivity index (χ0v) is 20.6. The second-order valence-corrected chi connectivity index (χ2v) is 9.60. The van der Waals surface area contributed by atoms with Crippen molar-refractivity contribution in [1.82, 2.24) is 9.66 Å². The smallest absolute Gasteiger partial charge is 0.282 e. The van der Waals surface area contributed by atoms with E-state index in [1.165, 1.54) is 30.4 Å². The van der Waals surface area contributed by atoms with E-state index in [2.05, 4.69) is 25.9 Å². The lowest BCUT2D eigenvalue weighted by molar-refractivity contribution is 0.537. The van der Waals surface area contributed by atoms with Gasteiger partial charge >= 0.3 is 0 Å². The molecule has 0 saturated carbocycles. The Morgan fingerprint density at radius 2 is 1.77 bits per heavy atom. The molecule has 8 heteroatoms. The van der Waals surface area contributed by atoms with Crippen LogP contribution >= 0.6 is 15.9 Å². The summed E-state index contributed by atoms with van der Waals surface area (Å²) in [7, 11) is 0. The molecule has 1 aliphatic heterocycles. The van der Waals surface area contributed by atoms with E-state index in [0.717, 1.165) is 28.8 Å². The van der Waals surface area contributed by atoms with Crippen LogP contribution < -0.4 is 10.5 Å². The highest BCUT2D eigenvalue weighted by Gasteiger charge is 2.17. The number of fused-ring (bicyclic) bond motifs is 2. The van der Waals surface area contributed by atoms with Crippen molar-refractivity contribution in [2.45, 2.75) is 25.7 Å². The molecule has 35 heavy (non-hydrogen) atoms. The van der Waals surface area contributed by atoms with Gasteiger partial charge in [-0.1, -0.05) is 40.9 Å². The van der Waals surface area contributed by atoms with Crippen LogP contribution in [0.4, 0.5) is 5.88 Å². The van der Waals surface area contributed by atoms with Crippen molar-refractivity contribution in [2.75, 3.05) is 18.0 Å². The first kappa shape index (κ1) is 21.9. The second kappa shape index (κ2) is 9.19. The van der Waals surface area contributed by atoms with Gasteiger partial charge in [-0.15, -0.1) is 0 Å². The van der Waals surface area contributed by atoms with Crippen LogP contribution in [0.15, 0.2) is 83.9 Å². The van der Waals surface area contributed by atoms with E-state index in [9.17, 15) is 4.79 Å². The number of halogens is 1. The van der Waals surface area contributed by atoms with E-state index in [4.69, 9.17) is 13.8 Å². The first-order chi connectivity index (χ1) is 17.2. The van der Waals surface area contributed by atoms with Crippen LogP contribution in [-0.2, 0) is 0 Å². The molecule has 2 aromatic carbocycles. The lowest BCUT2D eigenvalue weighted by Gasteiger charge is -2.18. The van der Waals surface area contributed by atoms with Gasteiger partial charge in [-0.2, -0.15) is 9.78 Å². The summed E-state index contributed by atoms with van der Waals surface area (Å²) in [5.41, 5.74) is 1.01. The van der Waals surface area contributed by atoms with E-state index in [-0.39, 0.29) is 5.56 Å². The number of hydrogen-bond donors (Lipinski definition) is 0. The molecule has 0 bridgehead atoms. The highest BCUT2D eigenvalue weighted by molar-refractivity contribution is 9.10. The molecule has 5 aromatic rings. The molecular weight excluding hydrogens is 508 g/mol. The molecule has 6 rings (SSSR count). The predicted molar refractivity (Wildman–Crippen MR) is 141 cm³/mol. The summed E-state index contributed by atoms with van der Waals surface area (Å²) >= 11 is 3.49. The van der Waals surface area contributed by atoms with Gasteiger partial charge in [0.1, 0.15) is 11.3 Å². The molecule has 7 nitrogen and oxygen atoms in total. The summed E-state index contributed by atoms with van der Waals surface area (Å²) < 4.78 is 14.3. The Hall–Kier alpha value is -3.65. The number of nitrogens with zero attached hydrogens (tertiary/aromatic N) is 4. The van der Waals surface area contributed by atoms with Gasteiger partial charge in [0.2, 0.25) is 5.82 Å². The fraction of sp³-hybridized carbons (Fsp3) is 0.222. The predicted octanol–water partition coefficient (Wildman–Crippen LogP) is 6.43. The van der Waals surface area contributed by atoms with Gasteiger partial charge in [0.05, 0.1) is 17.1 Å². The van der Waals surface area contributed by atoms with Gasteiger partial charge in [-0.25, -0.2) is 4.98 Å². The minimum absolute atomic E-state index is 0.275.